The molecule has 14 heavy (non-hydrogen) atoms. The van der Waals surface area contributed by atoms with Gasteiger partial charge in [-0.05, 0) is 32.7 Å². The van der Waals surface area contributed by atoms with Gasteiger partial charge in [-0.1, -0.05) is 12.8 Å². The van der Waals surface area contributed by atoms with Crippen LogP contribution in [0.1, 0.15) is 45.4 Å². The highest BCUT2D eigenvalue weighted by Gasteiger charge is 2.18. The zero-order chi connectivity index (χ0) is 11.0. The number of unbranched alkanes of at least 4 members (excludes halogenated alkanes) is 2. The minimum absolute atomic E-state index is 0.146. The maximum atomic E-state index is 10.7. The number of hydrogen-bond donors (Lipinski definition) is 3. The Hall–Kier alpha value is -0.450. The summed E-state index contributed by atoms with van der Waals surface area (Å²) in [5, 5.41) is 0. The summed E-state index contributed by atoms with van der Waals surface area (Å²) in [7, 11) is 0. The van der Waals surface area contributed by atoms with Crippen LogP contribution < -0.4 is 17.2 Å². The summed E-state index contributed by atoms with van der Waals surface area (Å²) in [6, 6.07) is 0. The summed E-state index contributed by atoms with van der Waals surface area (Å²) in [4.78, 5) is 10.7. The molecule has 0 bridgehead atoms. The van der Waals surface area contributed by atoms with Crippen molar-refractivity contribution in [2.75, 3.05) is 6.54 Å². The number of nitrogens with two attached hydrogens (primary N) is 3. The molecule has 0 aromatic carbocycles. The van der Waals surface area contributed by atoms with E-state index in [0.29, 0.717) is 12.8 Å². The van der Waals surface area contributed by atoms with Crippen molar-refractivity contribution < 1.29 is 4.79 Å². The maximum Gasteiger partial charge on any atom is 0.129 e. The van der Waals surface area contributed by atoms with Crippen LogP contribution in [0.25, 0.3) is 0 Å². The second kappa shape index (κ2) is 6.92. The van der Waals surface area contributed by atoms with Crippen LogP contribution in [0.4, 0.5) is 0 Å². The summed E-state index contributed by atoms with van der Waals surface area (Å²) in [6.45, 7) is 2.28. The Morgan fingerprint density at radius 3 is 2.29 bits per heavy atom. The molecule has 0 spiro atoms. The molecular weight excluding hydrogens is 178 g/mol. The predicted molar refractivity (Wildman–Crippen MR) is 58.5 cm³/mol. The molecule has 0 saturated carbocycles. The Bertz CT molecular complexity index is 169. The van der Waals surface area contributed by atoms with Gasteiger partial charge in [0.15, 0.2) is 0 Å². The lowest BCUT2D eigenvalue weighted by molar-refractivity contribution is -0.117. The molecular formula is C10H23N3O. The first kappa shape index (κ1) is 13.5. The third-order valence-electron chi connectivity index (χ3n) is 2.29. The number of rotatable bonds is 8. The molecule has 4 heteroatoms. The summed E-state index contributed by atoms with van der Waals surface area (Å²) in [5.41, 5.74) is 16.4. The molecule has 0 rings (SSSR count). The third-order valence-corrected chi connectivity index (χ3v) is 2.29. The highest BCUT2D eigenvalue weighted by Crippen LogP contribution is 2.12. The van der Waals surface area contributed by atoms with Gasteiger partial charge < -0.3 is 22.0 Å². The van der Waals surface area contributed by atoms with E-state index >= 15 is 0 Å². The third kappa shape index (κ3) is 8.16. The van der Waals surface area contributed by atoms with Crippen LogP contribution in [0.15, 0.2) is 0 Å². The van der Waals surface area contributed by atoms with Crippen molar-refractivity contribution in [1.82, 2.24) is 0 Å². The average Bonchev–Trinajstić information content (AvgIpc) is 2.10. The zero-order valence-corrected chi connectivity index (χ0v) is 9.09. The van der Waals surface area contributed by atoms with Gasteiger partial charge in [-0.2, -0.15) is 0 Å². The lowest BCUT2D eigenvalue weighted by Crippen LogP contribution is -2.49. The molecule has 0 radical (unpaired) electrons. The van der Waals surface area contributed by atoms with Crippen molar-refractivity contribution in [2.24, 2.45) is 17.2 Å². The Balaban J connectivity index is 3.55. The summed E-state index contributed by atoms with van der Waals surface area (Å²) in [5.74, 6) is 0.146. The maximum absolute atomic E-state index is 10.7. The Kier molecular flexibility index (Phi) is 6.70. The Labute approximate surface area is 86.2 Å². The van der Waals surface area contributed by atoms with E-state index in [1.165, 1.54) is 0 Å². The second-order valence-electron chi connectivity index (χ2n) is 4.03. The number of hydrogen-bond acceptors (Lipinski definition) is 4. The van der Waals surface area contributed by atoms with Gasteiger partial charge in [-0.3, -0.25) is 0 Å². The van der Waals surface area contributed by atoms with Gasteiger partial charge in [0.2, 0.25) is 0 Å². The Morgan fingerprint density at radius 1 is 1.14 bits per heavy atom. The number of carbonyl (C=O) groups excluding carboxylic acids is 1. The molecule has 0 aromatic heterocycles. The molecule has 4 nitrogen and oxygen atoms in total. The van der Waals surface area contributed by atoms with E-state index in [-0.39, 0.29) is 5.78 Å². The van der Waals surface area contributed by atoms with E-state index in [9.17, 15) is 4.79 Å². The molecule has 0 amide bonds. The molecule has 0 unspecified atom stereocenters. The topological polar surface area (TPSA) is 95.1 Å². The lowest BCUT2D eigenvalue weighted by Gasteiger charge is -2.23. The van der Waals surface area contributed by atoms with Crippen molar-refractivity contribution in [3.63, 3.8) is 0 Å². The molecule has 0 aliphatic carbocycles. The largest absolute Gasteiger partial charge is 0.330 e. The van der Waals surface area contributed by atoms with Crippen LogP contribution in [-0.4, -0.2) is 18.0 Å². The van der Waals surface area contributed by atoms with Gasteiger partial charge in [0.25, 0.3) is 0 Å². The summed E-state index contributed by atoms with van der Waals surface area (Å²) >= 11 is 0. The van der Waals surface area contributed by atoms with E-state index < -0.39 is 5.66 Å². The minimum Gasteiger partial charge on any atom is -0.330 e. The van der Waals surface area contributed by atoms with Gasteiger partial charge in [-0.15, -0.1) is 0 Å². The van der Waals surface area contributed by atoms with E-state index in [0.717, 1.165) is 32.2 Å². The molecule has 0 aliphatic rings. The van der Waals surface area contributed by atoms with Crippen molar-refractivity contribution in [2.45, 2.75) is 51.1 Å². The number of Topliss-reactive ketones (excluding diaryl/α,β-unsaturated/α-hetero) is 1. The molecule has 0 heterocycles. The van der Waals surface area contributed by atoms with Gasteiger partial charge in [0, 0.05) is 6.42 Å². The fourth-order valence-corrected chi connectivity index (χ4v) is 1.31. The number of ketones is 1. The van der Waals surface area contributed by atoms with E-state index in [1.807, 2.05) is 0 Å². The standard InChI is InChI=1S/C10H23N3O/c1-9(14)5-7-10(12,13)6-3-2-4-8-11/h2-8,11-13H2,1H3. The normalized spacial score (nSPS) is 11.7. The van der Waals surface area contributed by atoms with E-state index in [1.54, 1.807) is 6.92 Å². The van der Waals surface area contributed by atoms with Crippen LogP contribution in [0.5, 0.6) is 0 Å². The molecule has 6 N–H and O–H groups in total. The van der Waals surface area contributed by atoms with Crippen molar-refractivity contribution in [3.05, 3.63) is 0 Å². The monoisotopic (exact) mass is 201 g/mol. The van der Waals surface area contributed by atoms with Gasteiger partial charge in [0.1, 0.15) is 5.78 Å². The van der Waals surface area contributed by atoms with Gasteiger partial charge in [0.05, 0.1) is 5.66 Å². The summed E-state index contributed by atoms with van der Waals surface area (Å²) < 4.78 is 0. The van der Waals surface area contributed by atoms with Gasteiger partial charge >= 0.3 is 0 Å². The lowest BCUT2D eigenvalue weighted by atomic mass is 9.97. The molecule has 84 valence electrons. The van der Waals surface area contributed by atoms with E-state index in [4.69, 9.17) is 17.2 Å². The first-order valence-corrected chi connectivity index (χ1v) is 5.25. The van der Waals surface area contributed by atoms with Crippen LogP contribution >= 0.6 is 0 Å². The minimum atomic E-state index is -0.680. The van der Waals surface area contributed by atoms with E-state index in [2.05, 4.69) is 0 Å². The van der Waals surface area contributed by atoms with Crippen LogP contribution in [0.3, 0.4) is 0 Å². The highest BCUT2D eigenvalue weighted by molar-refractivity contribution is 5.75. The van der Waals surface area contributed by atoms with Crippen molar-refractivity contribution in [3.8, 4) is 0 Å². The van der Waals surface area contributed by atoms with Crippen LogP contribution in [0, 0.1) is 0 Å². The van der Waals surface area contributed by atoms with Gasteiger partial charge in [-0.25, -0.2) is 0 Å². The average molecular weight is 201 g/mol. The van der Waals surface area contributed by atoms with Crippen molar-refractivity contribution in [1.29, 1.82) is 0 Å². The van der Waals surface area contributed by atoms with Crippen LogP contribution in [0.2, 0.25) is 0 Å². The first-order chi connectivity index (χ1) is 6.48. The fourth-order valence-electron chi connectivity index (χ4n) is 1.31. The zero-order valence-electron chi connectivity index (χ0n) is 9.09. The molecule has 0 aliphatic heterocycles. The Morgan fingerprint density at radius 2 is 1.79 bits per heavy atom. The first-order valence-electron chi connectivity index (χ1n) is 5.25. The number of carbonyl (C=O) groups is 1. The van der Waals surface area contributed by atoms with Crippen molar-refractivity contribution >= 4 is 5.78 Å². The predicted octanol–water partition coefficient (Wildman–Crippen LogP) is 0.488. The fraction of sp³-hybridized carbons (Fsp3) is 0.900. The molecule has 0 saturated heterocycles. The molecule has 0 atom stereocenters. The second-order valence-corrected chi connectivity index (χ2v) is 4.03. The summed E-state index contributed by atoms with van der Waals surface area (Å²) in [6.07, 6.45) is 4.88. The smallest absolute Gasteiger partial charge is 0.129 e. The quantitative estimate of drug-likeness (QED) is 0.393. The highest BCUT2D eigenvalue weighted by atomic mass is 16.1. The SMILES string of the molecule is CC(=O)CCC(N)(N)CCCCCN. The molecule has 0 fully saturated rings. The molecule has 0 aromatic rings. The van der Waals surface area contributed by atoms with Crippen LogP contribution in [-0.2, 0) is 4.79 Å².